The fraction of sp³-hybridized carbons (Fsp3) is 0.405. The summed E-state index contributed by atoms with van der Waals surface area (Å²) < 4.78 is 29.7. The third-order valence-electron chi connectivity index (χ3n) is 8.70. The van der Waals surface area contributed by atoms with Crippen molar-refractivity contribution in [2.24, 2.45) is 5.92 Å². The van der Waals surface area contributed by atoms with E-state index in [9.17, 15) is 19.8 Å². The molecule has 0 spiro atoms. The minimum Gasteiger partial charge on any atom is -0.496 e. The van der Waals surface area contributed by atoms with Crippen molar-refractivity contribution in [1.29, 1.82) is 0 Å². The second-order valence-corrected chi connectivity index (χ2v) is 12.8. The molecule has 2 heterocycles. The Bertz CT molecular complexity index is 1820. The molecule has 1 aliphatic rings. The van der Waals surface area contributed by atoms with Crippen LogP contribution in [0.1, 0.15) is 61.7 Å². The predicted molar refractivity (Wildman–Crippen MR) is 175 cm³/mol. The molecule has 1 saturated heterocycles. The highest BCUT2D eigenvalue weighted by Gasteiger charge is 2.48. The Kier molecular flexibility index (Phi) is 9.31. The van der Waals surface area contributed by atoms with Gasteiger partial charge < -0.3 is 33.6 Å². The van der Waals surface area contributed by atoms with Gasteiger partial charge in [-0.15, -0.1) is 0 Å². The number of aryl methyl sites for hydroxylation is 2. The largest absolute Gasteiger partial charge is 0.496 e. The lowest BCUT2D eigenvalue weighted by Gasteiger charge is -2.46. The third kappa shape index (κ3) is 6.54. The molecule has 1 unspecified atom stereocenters. The smallest absolute Gasteiger partial charge is 0.339 e. The van der Waals surface area contributed by atoms with E-state index in [1.54, 1.807) is 51.3 Å². The highest BCUT2D eigenvalue weighted by atomic mass is 16.7. The Morgan fingerprint density at radius 2 is 1.74 bits per heavy atom. The second kappa shape index (κ2) is 12.9. The number of rotatable bonds is 9. The first kappa shape index (κ1) is 33.2. The van der Waals surface area contributed by atoms with E-state index in [2.05, 4.69) is 0 Å². The first-order chi connectivity index (χ1) is 21.7. The monoisotopic (exact) mass is 630 g/mol. The van der Waals surface area contributed by atoms with E-state index in [0.29, 0.717) is 28.0 Å². The summed E-state index contributed by atoms with van der Waals surface area (Å²) >= 11 is 0. The van der Waals surface area contributed by atoms with Crippen LogP contribution in [-0.4, -0.2) is 53.3 Å². The van der Waals surface area contributed by atoms with Crippen molar-refractivity contribution in [3.63, 3.8) is 0 Å². The number of aliphatic hydroxyl groups is 2. The van der Waals surface area contributed by atoms with Crippen molar-refractivity contribution in [3.05, 3.63) is 87.3 Å². The Morgan fingerprint density at radius 3 is 2.41 bits per heavy atom. The maximum Gasteiger partial charge on any atom is 0.339 e. The van der Waals surface area contributed by atoms with Crippen LogP contribution in [0, 0.1) is 19.8 Å². The molecular formula is C37H42O9. The van der Waals surface area contributed by atoms with Crippen LogP contribution < -0.4 is 19.8 Å². The Balaban J connectivity index is 1.50. The van der Waals surface area contributed by atoms with Crippen molar-refractivity contribution in [3.8, 4) is 28.4 Å². The number of benzene rings is 3. The van der Waals surface area contributed by atoms with Gasteiger partial charge in [-0.3, -0.25) is 4.79 Å². The number of Topliss-reactive ketones (excluding diaryl/α,β-unsaturated/α-hetero) is 1. The van der Waals surface area contributed by atoms with Gasteiger partial charge >= 0.3 is 5.63 Å². The fourth-order valence-electron chi connectivity index (χ4n) is 5.78. The molecule has 0 bridgehead atoms. The summed E-state index contributed by atoms with van der Waals surface area (Å²) in [5, 5.41) is 22.0. The van der Waals surface area contributed by atoms with Crippen LogP contribution >= 0.6 is 0 Å². The summed E-state index contributed by atoms with van der Waals surface area (Å²) in [4.78, 5) is 26.8. The maximum absolute atomic E-state index is 13.5. The molecule has 4 atom stereocenters. The molecule has 0 aliphatic carbocycles. The standard InChI is InChI=1S/C37H42O9/c1-19(2)43-30-18-25-15-26(17-28(38)24-12-13-29(42-8)27(16-24)23-11-9-10-20(3)14-23)35(41)44-33(25)21(4)34(30)45-36-32(40)31(39)22(5)37(6,7)46-36/h9-16,18-19,22,31-32,36,39-40H,17H2,1-8H3/t22-,31+,32+,36?/m1/s1. The summed E-state index contributed by atoms with van der Waals surface area (Å²) in [6, 6.07) is 16.5. The van der Waals surface area contributed by atoms with Crippen molar-refractivity contribution < 1.29 is 38.4 Å². The van der Waals surface area contributed by atoms with Crippen molar-refractivity contribution in [2.45, 2.75) is 85.1 Å². The number of carbonyl (C=O) groups is 1. The molecule has 1 fully saturated rings. The van der Waals surface area contributed by atoms with Crippen LogP contribution in [0.2, 0.25) is 0 Å². The second-order valence-electron chi connectivity index (χ2n) is 12.8. The van der Waals surface area contributed by atoms with E-state index >= 15 is 0 Å². The summed E-state index contributed by atoms with van der Waals surface area (Å²) in [5.41, 5.74) is 2.66. The number of methoxy groups -OCH3 is 1. The molecular weight excluding hydrogens is 588 g/mol. The summed E-state index contributed by atoms with van der Waals surface area (Å²) in [7, 11) is 1.58. The minimum atomic E-state index is -1.32. The van der Waals surface area contributed by atoms with Gasteiger partial charge in [-0.25, -0.2) is 4.79 Å². The molecule has 0 saturated carbocycles. The van der Waals surface area contributed by atoms with Crippen molar-refractivity contribution in [2.75, 3.05) is 7.11 Å². The van der Waals surface area contributed by atoms with Gasteiger partial charge in [0.2, 0.25) is 6.29 Å². The van der Waals surface area contributed by atoms with Crippen LogP contribution in [-0.2, 0) is 11.2 Å². The quantitative estimate of drug-likeness (QED) is 0.165. The highest BCUT2D eigenvalue weighted by molar-refractivity contribution is 5.99. The summed E-state index contributed by atoms with van der Waals surface area (Å²) in [5.74, 6) is 0.592. The van der Waals surface area contributed by atoms with Crippen LogP contribution in [0.3, 0.4) is 0 Å². The molecule has 244 valence electrons. The number of hydrogen-bond acceptors (Lipinski definition) is 9. The van der Waals surface area contributed by atoms with Crippen LogP contribution in [0.4, 0.5) is 0 Å². The fourth-order valence-corrected chi connectivity index (χ4v) is 5.78. The first-order valence-electron chi connectivity index (χ1n) is 15.5. The topological polar surface area (TPSA) is 125 Å². The van der Waals surface area contributed by atoms with E-state index in [1.165, 1.54) is 0 Å². The van der Waals surface area contributed by atoms with Crippen LogP contribution in [0.25, 0.3) is 22.1 Å². The SMILES string of the molecule is COc1ccc(C(=O)Cc2cc3cc(OC(C)C)c(OC4OC(C)(C)[C@H](C)[C@H](O)[C@@H]4O)c(C)c3oc2=O)cc1-c1cccc(C)c1. The van der Waals surface area contributed by atoms with Crippen molar-refractivity contribution >= 4 is 16.8 Å². The maximum atomic E-state index is 13.5. The zero-order valence-electron chi connectivity index (χ0n) is 27.5. The lowest BCUT2D eigenvalue weighted by molar-refractivity contribution is -0.285. The number of aliphatic hydroxyl groups excluding tert-OH is 2. The molecule has 1 aromatic heterocycles. The van der Waals surface area contributed by atoms with Gasteiger partial charge in [0, 0.05) is 40.0 Å². The molecule has 0 amide bonds. The summed E-state index contributed by atoms with van der Waals surface area (Å²) in [6.45, 7) is 12.9. The Hall–Kier alpha value is -4.18. The molecule has 3 aromatic carbocycles. The molecule has 9 nitrogen and oxygen atoms in total. The van der Waals surface area contributed by atoms with Crippen LogP contribution in [0.5, 0.6) is 17.2 Å². The normalized spacial score (nSPS) is 20.9. The Morgan fingerprint density at radius 1 is 1.00 bits per heavy atom. The first-order valence-corrected chi connectivity index (χ1v) is 15.5. The van der Waals surface area contributed by atoms with Gasteiger partial charge in [-0.05, 0) is 77.4 Å². The highest BCUT2D eigenvalue weighted by Crippen LogP contribution is 2.42. The molecule has 9 heteroatoms. The molecule has 1 aliphatic heterocycles. The minimum absolute atomic E-state index is 0.178. The Labute approximate surface area is 268 Å². The lowest BCUT2D eigenvalue weighted by atomic mass is 9.82. The third-order valence-corrected chi connectivity index (χ3v) is 8.70. The van der Waals surface area contributed by atoms with Gasteiger partial charge in [-0.1, -0.05) is 36.8 Å². The van der Waals surface area contributed by atoms with Gasteiger partial charge in [0.1, 0.15) is 17.4 Å². The zero-order valence-corrected chi connectivity index (χ0v) is 27.5. The van der Waals surface area contributed by atoms with Gasteiger partial charge in [0.25, 0.3) is 0 Å². The average molecular weight is 631 g/mol. The lowest BCUT2D eigenvalue weighted by Crippen LogP contribution is -2.59. The number of ether oxygens (including phenoxy) is 4. The van der Waals surface area contributed by atoms with Gasteiger partial charge in [0.05, 0.1) is 24.9 Å². The molecule has 4 aromatic rings. The van der Waals surface area contributed by atoms with E-state index in [1.807, 2.05) is 58.9 Å². The van der Waals surface area contributed by atoms with E-state index in [-0.39, 0.29) is 41.1 Å². The molecule has 5 rings (SSSR count). The average Bonchev–Trinajstić information content (AvgIpc) is 3.00. The van der Waals surface area contributed by atoms with E-state index in [4.69, 9.17) is 23.4 Å². The van der Waals surface area contributed by atoms with E-state index in [0.717, 1.165) is 16.7 Å². The summed E-state index contributed by atoms with van der Waals surface area (Å²) in [6.07, 6.45) is -4.03. The zero-order chi connectivity index (χ0) is 33.5. The van der Waals surface area contributed by atoms with E-state index < -0.39 is 29.7 Å². The molecule has 2 N–H and O–H groups in total. The number of ketones is 1. The van der Waals surface area contributed by atoms with Gasteiger partial charge in [-0.2, -0.15) is 0 Å². The van der Waals surface area contributed by atoms with Gasteiger partial charge in [0.15, 0.2) is 17.3 Å². The van der Waals surface area contributed by atoms with Crippen LogP contribution in [0.15, 0.2) is 63.8 Å². The molecule has 46 heavy (non-hydrogen) atoms. The number of hydrogen-bond donors (Lipinski definition) is 2. The van der Waals surface area contributed by atoms with Crippen molar-refractivity contribution in [1.82, 2.24) is 0 Å². The predicted octanol–water partition coefficient (Wildman–Crippen LogP) is 6.17. The number of carbonyl (C=O) groups excluding carboxylic acids is 1. The number of fused-ring (bicyclic) bond motifs is 1. The molecule has 0 radical (unpaired) electrons.